The fourth-order valence-electron chi connectivity index (χ4n) is 2.67. The van der Waals surface area contributed by atoms with Crippen molar-refractivity contribution in [2.24, 2.45) is 5.73 Å². The van der Waals surface area contributed by atoms with E-state index in [1.54, 1.807) is 0 Å². The van der Waals surface area contributed by atoms with Gasteiger partial charge in [0.2, 0.25) is 0 Å². The average Bonchev–Trinajstić information content (AvgIpc) is 2.71. The smallest absolute Gasteiger partial charge is 0.155 e. The molecule has 0 atom stereocenters. The molecular weight excluding hydrogens is 252 g/mol. The third kappa shape index (κ3) is 2.12. The van der Waals surface area contributed by atoms with E-state index in [4.69, 9.17) is 5.73 Å². The Hall–Kier alpha value is -1.08. The molecule has 18 heavy (non-hydrogen) atoms. The molecule has 1 aromatic rings. The van der Waals surface area contributed by atoms with E-state index in [1.807, 2.05) is 0 Å². The number of anilines is 1. The number of hydrogen-bond acceptors (Lipinski definition) is 5. The lowest BCUT2D eigenvalue weighted by atomic mass is 10.1. The Kier molecular flexibility index (Phi) is 2.82. The molecule has 6 nitrogen and oxygen atoms in total. The van der Waals surface area contributed by atoms with E-state index in [0.29, 0.717) is 6.42 Å². The van der Waals surface area contributed by atoms with Gasteiger partial charge in [0.15, 0.2) is 15.7 Å². The molecule has 2 aliphatic rings. The lowest BCUT2D eigenvalue weighted by Gasteiger charge is -2.31. The molecule has 0 unspecified atom stereocenters. The third-order valence-electron chi connectivity index (χ3n) is 3.80. The van der Waals surface area contributed by atoms with Crippen LogP contribution in [0, 0.1) is 0 Å². The number of nitrogens with two attached hydrogens (primary N) is 1. The number of nitrogens with zero attached hydrogens (tertiary/aromatic N) is 2. The van der Waals surface area contributed by atoms with E-state index in [9.17, 15) is 8.42 Å². The molecule has 0 radical (unpaired) electrons. The molecule has 1 fully saturated rings. The molecule has 1 saturated heterocycles. The average molecular weight is 270 g/mol. The van der Waals surface area contributed by atoms with Crippen LogP contribution in [-0.2, 0) is 22.0 Å². The van der Waals surface area contributed by atoms with Crippen LogP contribution < -0.4 is 10.6 Å². The minimum atomic E-state index is -2.95. The van der Waals surface area contributed by atoms with Crippen LogP contribution in [0.1, 0.15) is 24.1 Å². The normalized spacial score (nSPS) is 23.9. The van der Waals surface area contributed by atoms with Gasteiger partial charge < -0.3 is 10.6 Å². The summed E-state index contributed by atoms with van der Waals surface area (Å²) < 4.78 is 23.4. The Morgan fingerprint density at radius 3 is 2.78 bits per heavy atom. The SMILES string of the molecule is NC1CCN(c2n[nH]c3c2CS(=O)(=O)CC3)CC1. The molecule has 1 aromatic heterocycles. The van der Waals surface area contributed by atoms with Gasteiger partial charge in [-0.15, -0.1) is 0 Å². The Morgan fingerprint density at radius 2 is 2.06 bits per heavy atom. The number of aromatic nitrogens is 2. The first-order valence-electron chi connectivity index (χ1n) is 6.32. The van der Waals surface area contributed by atoms with Crippen LogP contribution in [-0.4, -0.2) is 43.5 Å². The largest absolute Gasteiger partial charge is 0.355 e. The topological polar surface area (TPSA) is 92.1 Å². The summed E-state index contributed by atoms with van der Waals surface area (Å²) in [5.74, 6) is 1.17. The number of rotatable bonds is 1. The molecule has 7 heteroatoms. The van der Waals surface area contributed by atoms with Gasteiger partial charge in [-0.1, -0.05) is 0 Å². The van der Waals surface area contributed by atoms with Crippen molar-refractivity contribution in [1.82, 2.24) is 10.2 Å². The number of aromatic amines is 1. The quantitative estimate of drug-likeness (QED) is 0.738. The van der Waals surface area contributed by atoms with Crippen molar-refractivity contribution < 1.29 is 8.42 Å². The molecule has 0 bridgehead atoms. The predicted molar refractivity (Wildman–Crippen MR) is 69.2 cm³/mol. The predicted octanol–water partition coefficient (Wildman–Crippen LogP) is -0.192. The molecule has 0 amide bonds. The first kappa shape index (κ1) is 12.0. The second-order valence-electron chi connectivity index (χ2n) is 5.17. The lowest BCUT2D eigenvalue weighted by Crippen LogP contribution is -2.40. The zero-order valence-electron chi connectivity index (χ0n) is 10.2. The van der Waals surface area contributed by atoms with E-state index in [2.05, 4.69) is 15.1 Å². The molecule has 2 aliphatic heterocycles. The van der Waals surface area contributed by atoms with Crippen LogP contribution >= 0.6 is 0 Å². The van der Waals surface area contributed by atoms with Gasteiger partial charge in [0, 0.05) is 36.8 Å². The van der Waals surface area contributed by atoms with E-state index in [0.717, 1.165) is 43.0 Å². The van der Waals surface area contributed by atoms with Crippen LogP contribution in [0.25, 0.3) is 0 Å². The summed E-state index contributed by atoms with van der Waals surface area (Å²) in [7, 11) is -2.95. The molecule has 0 aromatic carbocycles. The van der Waals surface area contributed by atoms with Gasteiger partial charge in [0.05, 0.1) is 11.5 Å². The van der Waals surface area contributed by atoms with Gasteiger partial charge >= 0.3 is 0 Å². The summed E-state index contributed by atoms with van der Waals surface area (Å²) in [6.07, 6.45) is 2.43. The maximum absolute atomic E-state index is 11.7. The molecular formula is C11H18N4O2S. The van der Waals surface area contributed by atoms with Gasteiger partial charge in [-0.25, -0.2) is 8.42 Å². The third-order valence-corrected chi connectivity index (χ3v) is 5.35. The number of sulfone groups is 1. The highest BCUT2D eigenvalue weighted by atomic mass is 32.2. The van der Waals surface area contributed by atoms with Crippen LogP contribution in [0.5, 0.6) is 0 Å². The number of aryl methyl sites for hydroxylation is 1. The molecule has 3 N–H and O–H groups in total. The standard InChI is InChI=1S/C11H18N4O2S/c12-8-1-4-15(5-2-8)11-9-7-18(16,17)6-3-10(9)13-14-11/h8H,1-7,12H2,(H,13,14). The van der Waals surface area contributed by atoms with E-state index in [-0.39, 0.29) is 17.5 Å². The number of nitrogens with one attached hydrogen (secondary N) is 1. The Morgan fingerprint density at radius 1 is 1.33 bits per heavy atom. The molecule has 3 rings (SSSR count). The number of hydrogen-bond donors (Lipinski definition) is 2. The van der Waals surface area contributed by atoms with Gasteiger partial charge in [-0.2, -0.15) is 5.10 Å². The van der Waals surface area contributed by atoms with Crippen molar-refractivity contribution in [3.8, 4) is 0 Å². The summed E-state index contributed by atoms with van der Waals surface area (Å²) in [6.45, 7) is 1.72. The first-order chi connectivity index (χ1) is 8.55. The van der Waals surface area contributed by atoms with Crippen LogP contribution in [0.2, 0.25) is 0 Å². The maximum atomic E-state index is 11.7. The van der Waals surface area contributed by atoms with Crippen LogP contribution in [0.3, 0.4) is 0 Å². The van der Waals surface area contributed by atoms with Crippen molar-refractivity contribution >= 4 is 15.7 Å². The van der Waals surface area contributed by atoms with E-state index >= 15 is 0 Å². The second kappa shape index (κ2) is 4.24. The second-order valence-corrected chi connectivity index (χ2v) is 7.35. The first-order valence-corrected chi connectivity index (χ1v) is 8.14. The molecule has 100 valence electrons. The van der Waals surface area contributed by atoms with Gasteiger partial charge in [-0.05, 0) is 12.8 Å². The maximum Gasteiger partial charge on any atom is 0.155 e. The summed E-state index contributed by atoms with van der Waals surface area (Å²) in [6, 6.07) is 0.264. The van der Waals surface area contributed by atoms with Crippen LogP contribution in [0.15, 0.2) is 0 Å². The summed E-state index contributed by atoms with van der Waals surface area (Å²) >= 11 is 0. The fraction of sp³-hybridized carbons (Fsp3) is 0.727. The number of piperidine rings is 1. The zero-order chi connectivity index (χ0) is 12.8. The van der Waals surface area contributed by atoms with Crippen molar-refractivity contribution in [3.05, 3.63) is 11.3 Å². The molecule has 0 aliphatic carbocycles. The lowest BCUT2D eigenvalue weighted by molar-refractivity contribution is 0.498. The molecule has 0 saturated carbocycles. The summed E-state index contributed by atoms with van der Waals surface area (Å²) in [4.78, 5) is 2.15. The van der Waals surface area contributed by atoms with Crippen molar-refractivity contribution in [1.29, 1.82) is 0 Å². The summed E-state index contributed by atoms with van der Waals surface area (Å²) in [5, 5.41) is 7.29. The number of fused-ring (bicyclic) bond motifs is 1. The highest BCUT2D eigenvalue weighted by Gasteiger charge is 2.29. The highest BCUT2D eigenvalue weighted by Crippen LogP contribution is 2.29. The number of H-pyrrole nitrogens is 1. The monoisotopic (exact) mass is 270 g/mol. The Labute approximate surface area is 106 Å². The van der Waals surface area contributed by atoms with Crippen molar-refractivity contribution in [2.75, 3.05) is 23.7 Å². The van der Waals surface area contributed by atoms with Gasteiger partial charge in [0.1, 0.15) is 0 Å². The van der Waals surface area contributed by atoms with Crippen LogP contribution in [0.4, 0.5) is 5.82 Å². The molecule has 0 spiro atoms. The minimum absolute atomic E-state index is 0.122. The molecule has 3 heterocycles. The van der Waals surface area contributed by atoms with E-state index < -0.39 is 9.84 Å². The summed E-state index contributed by atoms with van der Waals surface area (Å²) in [5.41, 5.74) is 7.73. The minimum Gasteiger partial charge on any atom is -0.355 e. The fourth-order valence-corrected chi connectivity index (χ4v) is 4.07. The zero-order valence-corrected chi connectivity index (χ0v) is 11.0. The Bertz CT molecular complexity index is 543. The Balaban J connectivity index is 1.88. The van der Waals surface area contributed by atoms with Crippen molar-refractivity contribution in [2.45, 2.75) is 31.1 Å². The highest BCUT2D eigenvalue weighted by molar-refractivity contribution is 7.90. The van der Waals surface area contributed by atoms with Gasteiger partial charge in [0.25, 0.3) is 0 Å². The van der Waals surface area contributed by atoms with Crippen molar-refractivity contribution in [3.63, 3.8) is 0 Å². The van der Waals surface area contributed by atoms with E-state index in [1.165, 1.54) is 0 Å². The van der Waals surface area contributed by atoms with Gasteiger partial charge in [-0.3, -0.25) is 5.10 Å².